The number of benzene rings is 4. The first-order valence-electron chi connectivity index (χ1n) is 17.6. The number of hydrogen-bond donors (Lipinski definition) is 1. The number of pyridine rings is 2. The molecule has 0 unspecified atom stereocenters. The Morgan fingerprint density at radius 3 is 1.80 bits per heavy atom. The first kappa shape index (κ1) is 41.8. The van der Waals surface area contributed by atoms with Gasteiger partial charge in [-0.15, -0.1) is 0 Å². The van der Waals surface area contributed by atoms with Crippen molar-refractivity contribution in [2.75, 3.05) is 13.7 Å². The van der Waals surface area contributed by atoms with Crippen molar-refractivity contribution in [3.8, 4) is 56.3 Å². The van der Waals surface area contributed by atoms with Gasteiger partial charge >= 0.3 is 35.5 Å². The van der Waals surface area contributed by atoms with Crippen LogP contribution in [0.4, 0.5) is 0 Å². The number of carboxylic acids is 1. The average Bonchev–Trinajstić information content (AvgIpc) is 3.21. The van der Waals surface area contributed by atoms with E-state index in [9.17, 15) is 19.8 Å². The van der Waals surface area contributed by atoms with E-state index in [1.807, 2.05) is 84.9 Å². The summed E-state index contributed by atoms with van der Waals surface area (Å²) in [4.78, 5) is 31.7. The maximum absolute atomic E-state index is 11.7. The van der Waals surface area contributed by atoms with Crippen LogP contribution in [0.1, 0.15) is 53.1 Å². The fraction of sp³-hybridized carbons (Fsp3) is 0.182. The zero-order valence-corrected chi connectivity index (χ0v) is 35.7. The Hall–Kier alpha value is -4.32. The molecule has 55 heavy (non-hydrogen) atoms. The summed E-state index contributed by atoms with van der Waals surface area (Å²) < 4.78 is 12.8. The van der Waals surface area contributed by atoms with Gasteiger partial charge in [0, 0.05) is 31.2 Å². The number of phenols is 1. The third-order valence-corrected chi connectivity index (χ3v) is 10.2. The molecule has 0 amide bonds. The molecule has 0 atom stereocenters. The molecule has 4 aromatic carbocycles. The third kappa shape index (κ3) is 10.7. The summed E-state index contributed by atoms with van der Waals surface area (Å²) in [6, 6.07) is 36.8. The number of aromatic hydroxyl groups is 1. The number of hydrogen-bond acceptors (Lipinski definition) is 8. The molecule has 7 rings (SSSR count). The molecule has 1 fully saturated rings. The maximum Gasteiger partial charge on any atom is 1.00 e. The van der Waals surface area contributed by atoms with Crippen LogP contribution in [0, 0.1) is 5.92 Å². The minimum atomic E-state index is -1.28. The fourth-order valence-electron chi connectivity index (χ4n) is 6.51. The molecule has 274 valence electrons. The minimum Gasteiger partial charge on any atom is -0.543 e. The van der Waals surface area contributed by atoms with Gasteiger partial charge in [0.1, 0.15) is 17.2 Å². The van der Waals surface area contributed by atoms with Crippen molar-refractivity contribution < 1.29 is 58.8 Å². The molecule has 1 N–H and O–H groups in total. The molecular weight excluding hydrogens is 835 g/mol. The molecule has 2 heterocycles. The standard InChI is InChI=1S/C25H24BrNO3.C19H14BrNO3.Na/c26-18-13-14-24(30-16-17-7-2-1-3-8-17)21(15-18)19-9-4-5-10-20(19)22-11-6-12-23(27-22)25(28)29;1-24-19(23)17-8-4-7-16(21-17)14-6-3-2-5-13(14)15-11-12(20)9-10-18(15)22;/h4-6,9-15,17H,1-3,7-8,16H2,(H,28,29);2-11,22H,1H3;/q;;+1/p-1. The number of carboxylic acid groups (broad SMARTS) is 1. The number of esters is 1. The van der Waals surface area contributed by atoms with Crippen LogP contribution in [0.3, 0.4) is 0 Å². The fourth-order valence-corrected chi connectivity index (χ4v) is 7.23. The van der Waals surface area contributed by atoms with Gasteiger partial charge in [-0.05, 0) is 90.6 Å². The van der Waals surface area contributed by atoms with Crippen molar-refractivity contribution in [2.24, 2.45) is 5.92 Å². The quantitative estimate of drug-likeness (QED) is 0.120. The van der Waals surface area contributed by atoms with E-state index in [1.54, 1.807) is 30.3 Å². The number of carbonyl (C=O) groups excluding carboxylic acids is 2. The van der Waals surface area contributed by atoms with E-state index >= 15 is 0 Å². The van der Waals surface area contributed by atoms with Gasteiger partial charge in [-0.1, -0.05) is 112 Å². The maximum atomic E-state index is 11.7. The monoisotopic (exact) mass is 870 g/mol. The van der Waals surface area contributed by atoms with E-state index in [0.717, 1.165) is 49.1 Å². The van der Waals surface area contributed by atoms with Crippen LogP contribution in [0.15, 0.2) is 130 Å². The van der Waals surface area contributed by atoms with Crippen LogP contribution in [-0.2, 0) is 4.74 Å². The Kier molecular flexibility index (Phi) is 15.2. The van der Waals surface area contributed by atoms with Crippen molar-refractivity contribution in [3.05, 3.63) is 142 Å². The van der Waals surface area contributed by atoms with Gasteiger partial charge in [0.05, 0.1) is 36.8 Å². The number of aromatic nitrogens is 2. The third-order valence-electron chi connectivity index (χ3n) is 9.19. The van der Waals surface area contributed by atoms with Crippen LogP contribution in [-0.4, -0.2) is 40.7 Å². The summed E-state index contributed by atoms with van der Waals surface area (Å²) >= 11 is 7.00. The number of methoxy groups -OCH3 is 1. The molecule has 1 aliphatic rings. The van der Waals surface area contributed by atoms with Crippen LogP contribution in [0.25, 0.3) is 44.8 Å². The van der Waals surface area contributed by atoms with E-state index in [4.69, 9.17) is 9.47 Å². The van der Waals surface area contributed by atoms with E-state index < -0.39 is 11.9 Å². The van der Waals surface area contributed by atoms with Gasteiger partial charge in [0.15, 0.2) is 0 Å². The molecule has 6 aromatic rings. The first-order valence-corrected chi connectivity index (χ1v) is 19.1. The molecule has 0 saturated heterocycles. The van der Waals surface area contributed by atoms with Gasteiger partial charge < -0.3 is 24.5 Å². The van der Waals surface area contributed by atoms with E-state index in [2.05, 4.69) is 41.8 Å². The Balaban J connectivity index is 0.000000212. The first-order chi connectivity index (χ1) is 26.2. The molecule has 8 nitrogen and oxygen atoms in total. The number of ether oxygens (including phenoxy) is 2. The average molecular weight is 873 g/mol. The topological polar surface area (TPSA) is 122 Å². The smallest absolute Gasteiger partial charge is 0.543 e. The summed E-state index contributed by atoms with van der Waals surface area (Å²) in [5.41, 5.74) is 6.46. The minimum absolute atomic E-state index is 0. The van der Waals surface area contributed by atoms with Crippen molar-refractivity contribution >= 4 is 43.8 Å². The SMILES string of the molecule is COC(=O)c1cccc(-c2ccccc2-c2cc(Br)ccc2O)n1.O=C([O-])c1cccc(-c2ccccc2-c2cc(Br)ccc2OCC2CCCCC2)n1.[Na+]. The Morgan fingerprint density at radius 1 is 0.673 bits per heavy atom. The summed E-state index contributed by atoms with van der Waals surface area (Å²) in [6.45, 7) is 0.717. The number of rotatable bonds is 9. The van der Waals surface area contributed by atoms with Crippen molar-refractivity contribution in [1.82, 2.24) is 9.97 Å². The Bertz CT molecular complexity index is 2280. The molecule has 0 radical (unpaired) electrons. The zero-order chi connectivity index (χ0) is 38.0. The number of phenolic OH excluding ortho intramolecular Hbond substituents is 1. The number of aromatic carboxylic acids is 1. The van der Waals surface area contributed by atoms with Crippen LogP contribution < -0.4 is 39.4 Å². The van der Waals surface area contributed by atoms with Crippen molar-refractivity contribution in [2.45, 2.75) is 32.1 Å². The van der Waals surface area contributed by atoms with Crippen molar-refractivity contribution in [1.29, 1.82) is 0 Å². The van der Waals surface area contributed by atoms with Crippen LogP contribution in [0.5, 0.6) is 11.5 Å². The summed E-state index contributed by atoms with van der Waals surface area (Å²) in [5.74, 6) is -0.165. The summed E-state index contributed by atoms with van der Waals surface area (Å²) in [7, 11) is 1.32. The van der Waals surface area contributed by atoms with E-state index in [-0.39, 0.29) is 46.7 Å². The van der Waals surface area contributed by atoms with Gasteiger partial charge in [0.25, 0.3) is 0 Å². The summed E-state index contributed by atoms with van der Waals surface area (Å²) in [6.07, 6.45) is 6.34. The normalized spacial score (nSPS) is 12.4. The second-order valence-corrected chi connectivity index (χ2v) is 14.6. The molecule has 11 heteroatoms. The van der Waals surface area contributed by atoms with Crippen LogP contribution in [0.2, 0.25) is 0 Å². The zero-order valence-electron chi connectivity index (χ0n) is 30.5. The second kappa shape index (κ2) is 20.0. The molecule has 0 aliphatic heterocycles. The predicted octanol–water partition coefficient (Wildman–Crippen LogP) is 7.18. The Labute approximate surface area is 359 Å². The van der Waals surface area contributed by atoms with Crippen LogP contribution >= 0.6 is 31.9 Å². The summed E-state index contributed by atoms with van der Waals surface area (Å²) in [5, 5.41) is 21.5. The second-order valence-electron chi connectivity index (χ2n) is 12.8. The largest absolute Gasteiger partial charge is 1.00 e. The van der Waals surface area contributed by atoms with E-state index in [1.165, 1.54) is 45.3 Å². The number of carbonyl (C=O) groups is 2. The molecule has 0 bridgehead atoms. The number of halogens is 2. The van der Waals surface area contributed by atoms with Gasteiger partial charge in [-0.3, -0.25) is 0 Å². The molecule has 1 aliphatic carbocycles. The molecule has 0 spiro atoms. The molecule has 2 aromatic heterocycles. The molecular formula is C44H37Br2N2NaO6. The molecule has 1 saturated carbocycles. The van der Waals surface area contributed by atoms with Gasteiger partial charge in [-0.25, -0.2) is 14.8 Å². The van der Waals surface area contributed by atoms with Gasteiger partial charge in [-0.2, -0.15) is 0 Å². The number of nitrogens with zero attached hydrogens (tertiary/aromatic N) is 2. The Morgan fingerprint density at radius 2 is 1.20 bits per heavy atom. The van der Waals surface area contributed by atoms with Gasteiger partial charge in [0.2, 0.25) is 0 Å². The van der Waals surface area contributed by atoms with E-state index in [0.29, 0.717) is 22.9 Å². The predicted molar refractivity (Wildman–Crippen MR) is 215 cm³/mol. The van der Waals surface area contributed by atoms with Crippen molar-refractivity contribution in [3.63, 3.8) is 0 Å².